The number of hydrogen-bond donors (Lipinski definition) is 1. The lowest BCUT2D eigenvalue weighted by atomic mass is 10.2. The van der Waals surface area contributed by atoms with Crippen LogP contribution in [0.25, 0.3) is 0 Å². The number of hydrogen-bond acceptors (Lipinski definition) is 5. The van der Waals surface area contributed by atoms with Crippen molar-refractivity contribution >= 4 is 21.4 Å². The van der Waals surface area contributed by atoms with Gasteiger partial charge < -0.3 is 10.1 Å². The van der Waals surface area contributed by atoms with Crippen molar-refractivity contribution < 1.29 is 26.7 Å². The highest BCUT2D eigenvalue weighted by Crippen LogP contribution is 2.26. The number of ether oxygens (including phenoxy) is 1. The van der Waals surface area contributed by atoms with E-state index in [9.17, 15) is 22.0 Å². The van der Waals surface area contributed by atoms with Gasteiger partial charge in [-0.2, -0.15) is 0 Å². The maximum Gasteiger partial charge on any atom is 0.261 e. The quantitative estimate of drug-likeness (QED) is 0.699. The highest BCUT2D eigenvalue weighted by Gasteiger charge is 2.17. The molecule has 144 valence electrons. The Morgan fingerprint density at radius 2 is 1.86 bits per heavy atom. The van der Waals surface area contributed by atoms with E-state index in [0.29, 0.717) is 6.07 Å². The number of amides is 1. The van der Waals surface area contributed by atoms with Gasteiger partial charge in [0.2, 0.25) is 5.88 Å². The topological polar surface area (TPSA) is 85.4 Å². The Kier molecular flexibility index (Phi) is 5.36. The van der Waals surface area contributed by atoms with Crippen LogP contribution in [-0.2, 0) is 9.84 Å². The number of aromatic nitrogens is 1. The summed E-state index contributed by atoms with van der Waals surface area (Å²) in [5, 5.41) is 2.32. The molecular weight excluding hydrogens is 390 g/mol. The number of pyridine rings is 1. The van der Waals surface area contributed by atoms with Gasteiger partial charge in [-0.1, -0.05) is 6.07 Å². The molecule has 3 aromatic rings. The molecule has 0 radical (unpaired) electrons. The van der Waals surface area contributed by atoms with Gasteiger partial charge in [-0.25, -0.2) is 22.2 Å². The number of carbonyl (C=O) groups is 1. The van der Waals surface area contributed by atoms with Crippen LogP contribution in [0, 0.1) is 11.6 Å². The van der Waals surface area contributed by atoms with E-state index < -0.39 is 27.4 Å². The van der Waals surface area contributed by atoms with Crippen LogP contribution in [0.15, 0.2) is 65.7 Å². The summed E-state index contributed by atoms with van der Waals surface area (Å²) in [4.78, 5) is 16.5. The van der Waals surface area contributed by atoms with E-state index in [0.717, 1.165) is 18.4 Å². The minimum Gasteiger partial charge on any atom is -0.438 e. The molecule has 1 amide bonds. The average Bonchev–Trinajstić information content (AvgIpc) is 2.64. The van der Waals surface area contributed by atoms with Gasteiger partial charge in [0.15, 0.2) is 9.84 Å². The molecule has 0 fully saturated rings. The van der Waals surface area contributed by atoms with Crippen LogP contribution in [0.5, 0.6) is 11.6 Å². The van der Waals surface area contributed by atoms with Gasteiger partial charge in [-0.15, -0.1) is 0 Å². The second-order valence-electron chi connectivity index (χ2n) is 5.78. The molecule has 0 unspecified atom stereocenters. The molecule has 0 saturated heterocycles. The van der Waals surface area contributed by atoms with E-state index in [2.05, 4.69) is 10.3 Å². The van der Waals surface area contributed by atoms with Crippen LogP contribution in [0.1, 0.15) is 10.4 Å². The second-order valence-corrected chi connectivity index (χ2v) is 7.80. The molecule has 0 spiro atoms. The average molecular weight is 404 g/mol. The van der Waals surface area contributed by atoms with Gasteiger partial charge in [-0.3, -0.25) is 4.79 Å². The zero-order valence-corrected chi connectivity index (χ0v) is 15.3. The van der Waals surface area contributed by atoms with Crippen LogP contribution in [-0.4, -0.2) is 25.6 Å². The molecular formula is C19H14F2N2O4S. The first-order valence-electron chi connectivity index (χ1n) is 7.93. The number of sulfone groups is 1. The fourth-order valence-electron chi connectivity index (χ4n) is 2.31. The summed E-state index contributed by atoms with van der Waals surface area (Å²) in [6.07, 6.45) is 2.44. The molecule has 1 aromatic heterocycles. The third-order valence-electron chi connectivity index (χ3n) is 3.64. The summed E-state index contributed by atoms with van der Waals surface area (Å²) in [6.45, 7) is 0. The lowest BCUT2D eigenvalue weighted by Crippen LogP contribution is -2.14. The highest BCUT2D eigenvalue weighted by atomic mass is 32.2. The Morgan fingerprint density at radius 3 is 2.57 bits per heavy atom. The summed E-state index contributed by atoms with van der Waals surface area (Å²) in [5.41, 5.74) is -0.226. The van der Waals surface area contributed by atoms with Gasteiger partial charge in [0, 0.05) is 18.5 Å². The van der Waals surface area contributed by atoms with Crippen LogP contribution < -0.4 is 10.1 Å². The molecule has 9 heteroatoms. The minimum atomic E-state index is -3.45. The van der Waals surface area contributed by atoms with Crippen molar-refractivity contribution in [2.45, 2.75) is 4.90 Å². The zero-order valence-electron chi connectivity index (χ0n) is 14.5. The number of anilines is 1. The Bertz CT molecular complexity index is 1150. The van der Waals surface area contributed by atoms with Crippen molar-refractivity contribution in [1.82, 2.24) is 4.98 Å². The predicted octanol–water partition coefficient (Wildman–Crippen LogP) is 3.81. The fourth-order valence-corrected chi connectivity index (χ4v) is 2.96. The lowest BCUT2D eigenvalue weighted by molar-refractivity contribution is 0.102. The van der Waals surface area contributed by atoms with Gasteiger partial charge in [-0.05, 0) is 42.5 Å². The first-order chi connectivity index (χ1) is 13.2. The summed E-state index contributed by atoms with van der Waals surface area (Å²) in [7, 11) is -3.45. The standard InChI is InChI=1S/C19H14F2N2O4S/c1-28(25,26)14-5-2-4-13(11-14)27-19-15(6-3-9-22-19)18(24)23-17-8-7-12(20)10-16(17)21/h2-11H,1H3,(H,23,24). The summed E-state index contributed by atoms with van der Waals surface area (Å²) in [6, 6.07) is 11.3. The molecule has 1 N–H and O–H groups in total. The van der Waals surface area contributed by atoms with Crippen molar-refractivity contribution in [2.24, 2.45) is 0 Å². The second kappa shape index (κ2) is 7.73. The van der Waals surface area contributed by atoms with Crippen molar-refractivity contribution in [1.29, 1.82) is 0 Å². The van der Waals surface area contributed by atoms with E-state index in [1.54, 1.807) is 0 Å². The Morgan fingerprint density at radius 1 is 1.07 bits per heavy atom. The first kappa shape index (κ1) is 19.4. The van der Waals surface area contributed by atoms with E-state index >= 15 is 0 Å². The fraction of sp³-hybridized carbons (Fsp3) is 0.0526. The van der Waals surface area contributed by atoms with Gasteiger partial charge in [0.05, 0.1) is 10.6 Å². The largest absolute Gasteiger partial charge is 0.438 e. The number of benzene rings is 2. The SMILES string of the molecule is CS(=O)(=O)c1cccc(Oc2ncccc2C(=O)Nc2ccc(F)cc2F)c1. The molecule has 0 saturated carbocycles. The van der Waals surface area contributed by atoms with Crippen molar-refractivity contribution in [3.05, 3.63) is 78.0 Å². The molecule has 1 heterocycles. The summed E-state index contributed by atoms with van der Waals surface area (Å²) in [5.74, 6) is -2.38. The molecule has 28 heavy (non-hydrogen) atoms. The van der Waals surface area contributed by atoms with Gasteiger partial charge >= 0.3 is 0 Å². The zero-order chi connectivity index (χ0) is 20.3. The number of carbonyl (C=O) groups excluding carboxylic acids is 1. The van der Waals surface area contributed by atoms with Crippen LogP contribution >= 0.6 is 0 Å². The maximum atomic E-state index is 13.8. The molecule has 2 aromatic carbocycles. The number of nitrogens with one attached hydrogen (secondary N) is 1. The van der Waals surface area contributed by atoms with E-state index in [1.807, 2.05) is 0 Å². The number of nitrogens with zero attached hydrogens (tertiary/aromatic N) is 1. The molecule has 3 rings (SSSR count). The third-order valence-corrected chi connectivity index (χ3v) is 4.75. The Hall–Kier alpha value is -3.33. The first-order valence-corrected chi connectivity index (χ1v) is 9.82. The minimum absolute atomic E-state index is 0.0176. The molecule has 0 aliphatic rings. The number of rotatable bonds is 5. The normalized spacial score (nSPS) is 11.1. The third kappa shape index (κ3) is 4.49. The van der Waals surface area contributed by atoms with E-state index in [-0.39, 0.29) is 27.8 Å². The lowest BCUT2D eigenvalue weighted by Gasteiger charge is -2.11. The Labute approximate surface area is 159 Å². The molecule has 0 aliphatic carbocycles. The summed E-state index contributed by atoms with van der Waals surface area (Å²) >= 11 is 0. The predicted molar refractivity (Wildman–Crippen MR) is 98.2 cm³/mol. The van der Waals surface area contributed by atoms with Gasteiger partial charge in [0.25, 0.3) is 5.91 Å². The van der Waals surface area contributed by atoms with E-state index in [4.69, 9.17) is 4.74 Å². The Balaban J connectivity index is 1.88. The monoisotopic (exact) mass is 404 g/mol. The number of halogens is 2. The van der Waals surface area contributed by atoms with Crippen molar-refractivity contribution in [2.75, 3.05) is 11.6 Å². The highest BCUT2D eigenvalue weighted by molar-refractivity contribution is 7.90. The van der Waals surface area contributed by atoms with Gasteiger partial charge in [0.1, 0.15) is 22.9 Å². The van der Waals surface area contributed by atoms with Crippen molar-refractivity contribution in [3.63, 3.8) is 0 Å². The molecule has 6 nitrogen and oxygen atoms in total. The molecule has 0 aliphatic heterocycles. The van der Waals surface area contributed by atoms with E-state index in [1.165, 1.54) is 42.6 Å². The summed E-state index contributed by atoms with van der Waals surface area (Å²) < 4.78 is 55.7. The van der Waals surface area contributed by atoms with Crippen LogP contribution in [0.4, 0.5) is 14.5 Å². The molecule has 0 atom stereocenters. The molecule has 0 bridgehead atoms. The maximum absolute atomic E-state index is 13.8. The van der Waals surface area contributed by atoms with Crippen molar-refractivity contribution in [3.8, 4) is 11.6 Å². The van der Waals surface area contributed by atoms with Crippen LogP contribution in [0.2, 0.25) is 0 Å². The smallest absolute Gasteiger partial charge is 0.261 e. The van der Waals surface area contributed by atoms with Crippen LogP contribution in [0.3, 0.4) is 0 Å².